The lowest BCUT2D eigenvalue weighted by atomic mass is 10.2. The van der Waals surface area contributed by atoms with Gasteiger partial charge in [0.1, 0.15) is 0 Å². The summed E-state index contributed by atoms with van der Waals surface area (Å²) < 4.78 is 12.3. The van der Waals surface area contributed by atoms with E-state index in [9.17, 15) is 0 Å². The van der Waals surface area contributed by atoms with E-state index in [1.165, 1.54) is 18.4 Å². The lowest BCUT2D eigenvalue weighted by Gasteiger charge is -2.13. The van der Waals surface area contributed by atoms with Crippen LogP contribution in [-0.4, -0.2) is 24.3 Å². The first-order valence-corrected chi connectivity index (χ1v) is 8.08. The van der Waals surface area contributed by atoms with Gasteiger partial charge in [-0.3, -0.25) is 0 Å². The molecule has 1 aromatic carbocycles. The average molecular weight is 330 g/mol. The van der Waals surface area contributed by atoms with E-state index in [0.717, 1.165) is 29.1 Å². The molecular weight excluding hydrogens is 314 g/mol. The largest absolute Gasteiger partial charge is 0.454 e. The van der Waals surface area contributed by atoms with E-state index >= 15 is 0 Å². The topological polar surface area (TPSA) is 30.5 Å². The quantitative estimate of drug-likeness (QED) is 0.898. The second kappa shape index (κ2) is 4.94. The number of rotatable bonds is 5. The van der Waals surface area contributed by atoms with Gasteiger partial charge in [-0.05, 0) is 52.7 Å². The highest BCUT2D eigenvalue weighted by Gasteiger charge is 2.41. The molecule has 0 saturated heterocycles. The van der Waals surface area contributed by atoms with Crippen LogP contribution >= 0.6 is 27.7 Å². The van der Waals surface area contributed by atoms with Crippen LogP contribution in [0.25, 0.3) is 0 Å². The Morgan fingerprint density at radius 2 is 2.22 bits per heavy atom. The molecule has 18 heavy (non-hydrogen) atoms. The van der Waals surface area contributed by atoms with Gasteiger partial charge in [-0.15, -0.1) is 0 Å². The molecule has 0 unspecified atom stereocenters. The van der Waals surface area contributed by atoms with Crippen LogP contribution in [0.2, 0.25) is 0 Å². The SMILES string of the molecule is CSC1(CNCc2cc(Br)c3c(c2)OCO3)CC1. The van der Waals surface area contributed by atoms with E-state index in [4.69, 9.17) is 9.47 Å². The third-order valence-electron chi connectivity index (χ3n) is 3.50. The van der Waals surface area contributed by atoms with Gasteiger partial charge in [0, 0.05) is 17.8 Å². The molecule has 0 atom stereocenters. The highest BCUT2D eigenvalue weighted by atomic mass is 79.9. The van der Waals surface area contributed by atoms with Crippen molar-refractivity contribution >= 4 is 27.7 Å². The van der Waals surface area contributed by atoms with Gasteiger partial charge in [-0.25, -0.2) is 0 Å². The Labute approximate surface area is 120 Å². The molecular formula is C13H16BrNO2S. The summed E-state index contributed by atoms with van der Waals surface area (Å²) in [6.07, 6.45) is 4.88. The van der Waals surface area contributed by atoms with Crippen molar-refractivity contribution < 1.29 is 9.47 Å². The van der Waals surface area contributed by atoms with E-state index < -0.39 is 0 Å². The summed E-state index contributed by atoms with van der Waals surface area (Å²) >= 11 is 5.50. The average Bonchev–Trinajstić information content (AvgIpc) is 2.97. The molecule has 1 aliphatic heterocycles. The van der Waals surface area contributed by atoms with Gasteiger partial charge in [0.25, 0.3) is 0 Å². The molecule has 0 aromatic heterocycles. The first kappa shape index (κ1) is 12.6. The van der Waals surface area contributed by atoms with Gasteiger partial charge in [0.05, 0.1) is 4.47 Å². The summed E-state index contributed by atoms with van der Waals surface area (Å²) in [5, 5.41) is 3.54. The van der Waals surface area contributed by atoms with Crippen molar-refractivity contribution in [2.24, 2.45) is 0 Å². The molecule has 1 N–H and O–H groups in total. The highest BCUT2D eigenvalue weighted by Crippen LogP contribution is 2.46. The van der Waals surface area contributed by atoms with Crippen LogP contribution in [-0.2, 0) is 6.54 Å². The van der Waals surface area contributed by atoms with Gasteiger partial charge in [-0.1, -0.05) is 0 Å². The first-order chi connectivity index (χ1) is 8.72. The summed E-state index contributed by atoms with van der Waals surface area (Å²) in [6.45, 7) is 2.28. The van der Waals surface area contributed by atoms with Crippen molar-refractivity contribution in [1.29, 1.82) is 0 Å². The molecule has 1 fully saturated rings. The fraction of sp³-hybridized carbons (Fsp3) is 0.538. The van der Waals surface area contributed by atoms with Gasteiger partial charge in [0.2, 0.25) is 6.79 Å². The number of thioether (sulfide) groups is 1. The Bertz CT molecular complexity index is 463. The number of ether oxygens (including phenoxy) is 2. The molecule has 2 aliphatic rings. The lowest BCUT2D eigenvalue weighted by Crippen LogP contribution is -2.25. The number of hydrogen-bond donors (Lipinski definition) is 1. The van der Waals surface area contributed by atoms with Crippen LogP contribution in [0.5, 0.6) is 11.5 Å². The van der Waals surface area contributed by atoms with Crippen LogP contribution < -0.4 is 14.8 Å². The molecule has 3 rings (SSSR count). The summed E-state index contributed by atoms with van der Waals surface area (Å²) in [6, 6.07) is 4.15. The van der Waals surface area contributed by atoms with E-state index in [2.05, 4.69) is 39.6 Å². The Morgan fingerprint density at radius 3 is 2.94 bits per heavy atom. The van der Waals surface area contributed by atoms with Gasteiger partial charge >= 0.3 is 0 Å². The maximum absolute atomic E-state index is 5.42. The molecule has 1 heterocycles. The predicted molar refractivity (Wildman–Crippen MR) is 77.5 cm³/mol. The van der Waals surface area contributed by atoms with Crippen molar-refractivity contribution in [3.63, 3.8) is 0 Å². The second-order valence-electron chi connectivity index (χ2n) is 4.80. The predicted octanol–water partition coefficient (Wildman–Crippen LogP) is 3.16. The lowest BCUT2D eigenvalue weighted by molar-refractivity contribution is 0.173. The Morgan fingerprint density at radius 1 is 1.39 bits per heavy atom. The summed E-state index contributed by atoms with van der Waals surface area (Å²) in [4.78, 5) is 0. The van der Waals surface area contributed by atoms with E-state index in [1.54, 1.807) is 0 Å². The zero-order valence-corrected chi connectivity index (χ0v) is 12.7. The zero-order valence-electron chi connectivity index (χ0n) is 10.3. The Balaban J connectivity index is 1.61. The van der Waals surface area contributed by atoms with Gasteiger partial charge in [0.15, 0.2) is 11.5 Å². The minimum atomic E-state index is 0.320. The number of halogens is 1. The van der Waals surface area contributed by atoms with Crippen molar-refractivity contribution in [2.75, 3.05) is 19.6 Å². The van der Waals surface area contributed by atoms with Crippen LogP contribution in [0, 0.1) is 0 Å². The first-order valence-electron chi connectivity index (χ1n) is 6.06. The van der Waals surface area contributed by atoms with Crippen molar-refractivity contribution in [3.05, 3.63) is 22.2 Å². The zero-order chi connectivity index (χ0) is 12.6. The molecule has 0 amide bonds. The third kappa shape index (κ3) is 2.49. The normalized spacial score (nSPS) is 19.0. The molecule has 0 bridgehead atoms. The Kier molecular flexibility index (Phi) is 3.47. The van der Waals surface area contributed by atoms with Crippen molar-refractivity contribution in [1.82, 2.24) is 5.32 Å². The Hall–Kier alpha value is -0.390. The van der Waals surface area contributed by atoms with Crippen molar-refractivity contribution in [2.45, 2.75) is 24.1 Å². The summed E-state index contributed by atoms with van der Waals surface area (Å²) in [5.74, 6) is 1.66. The number of benzene rings is 1. The minimum absolute atomic E-state index is 0.320. The minimum Gasteiger partial charge on any atom is -0.454 e. The van der Waals surface area contributed by atoms with Gasteiger partial charge in [-0.2, -0.15) is 11.8 Å². The fourth-order valence-corrected chi connectivity index (χ4v) is 3.51. The van der Waals surface area contributed by atoms with E-state index in [0.29, 0.717) is 11.5 Å². The van der Waals surface area contributed by atoms with Crippen LogP contribution in [0.1, 0.15) is 18.4 Å². The fourth-order valence-electron chi connectivity index (χ4n) is 2.15. The molecule has 98 valence electrons. The monoisotopic (exact) mass is 329 g/mol. The smallest absolute Gasteiger partial charge is 0.231 e. The maximum Gasteiger partial charge on any atom is 0.231 e. The van der Waals surface area contributed by atoms with Crippen LogP contribution in [0.4, 0.5) is 0 Å². The number of fused-ring (bicyclic) bond motifs is 1. The number of nitrogens with one attached hydrogen (secondary N) is 1. The molecule has 0 spiro atoms. The molecule has 1 aromatic rings. The van der Waals surface area contributed by atoms with E-state index in [1.807, 2.05) is 11.8 Å². The summed E-state index contributed by atoms with van der Waals surface area (Å²) in [5.41, 5.74) is 1.23. The molecule has 1 saturated carbocycles. The second-order valence-corrected chi connectivity index (χ2v) is 6.93. The van der Waals surface area contributed by atoms with Crippen LogP contribution in [0.15, 0.2) is 16.6 Å². The summed E-state index contributed by atoms with van der Waals surface area (Å²) in [7, 11) is 0. The van der Waals surface area contributed by atoms with Gasteiger partial charge < -0.3 is 14.8 Å². The highest BCUT2D eigenvalue weighted by molar-refractivity contribution is 9.10. The molecule has 0 radical (unpaired) electrons. The standard InChI is InChI=1S/C13H16BrNO2S/c1-18-13(2-3-13)7-15-6-9-4-10(14)12-11(5-9)16-8-17-12/h4-5,15H,2-3,6-8H2,1H3. The molecule has 5 heteroatoms. The maximum atomic E-state index is 5.42. The number of hydrogen-bond acceptors (Lipinski definition) is 4. The molecule has 3 nitrogen and oxygen atoms in total. The van der Waals surface area contributed by atoms with Crippen LogP contribution in [0.3, 0.4) is 0 Å². The molecule has 1 aliphatic carbocycles. The van der Waals surface area contributed by atoms with Crippen molar-refractivity contribution in [3.8, 4) is 11.5 Å². The third-order valence-corrected chi connectivity index (χ3v) is 5.51. The van der Waals surface area contributed by atoms with E-state index in [-0.39, 0.29) is 0 Å².